The Hall–Kier alpha value is -3.17. The molecule has 0 aliphatic carbocycles. The number of imidazole rings is 1. The van der Waals surface area contributed by atoms with E-state index in [1.807, 2.05) is 18.3 Å². The fourth-order valence-electron chi connectivity index (χ4n) is 3.32. The second-order valence-corrected chi connectivity index (χ2v) is 6.95. The highest BCUT2D eigenvalue weighted by Gasteiger charge is 2.04. The molecule has 0 spiro atoms. The van der Waals surface area contributed by atoms with Gasteiger partial charge >= 0.3 is 0 Å². The van der Waals surface area contributed by atoms with Gasteiger partial charge in [-0.1, -0.05) is 84.9 Å². The average Bonchev–Trinajstić information content (AvgIpc) is 3.24. The molecule has 2 N–H and O–H groups in total. The van der Waals surface area contributed by atoms with Gasteiger partial charge in [-0.3, -0.25) is 0 Å². The molecule has 140 valence electrons. The van der Waals surface area contributed by atoms with Crippen LogP contribution >= 0.6 is 0 Å². The van der Waals surface area contributed by atoms with Gasteiger partial charge in [0, 0.05) is 13.0 Å². The molecule has 0 bridgehead atoms. The summed E-state index contributed by atoms with van der Waals surface area (Å²) >= 11 is 0. The predicted molar refractivity (Wildman–Crippen MR) is 116 cm³/mol. The van der Waals surface area contributed by atoms with Gasteiger partial charge in [0.25, 0.3) is 0 Å². The van der Waals surface area contributed by atoms with Crippen molar-refractivity contribution in [2.45, 2.75) is 19.4 Å². The van der Waals surface area contributed by atoms with Gasteiger partial charge in [-0.25, -0.2) is 4.98 Å². The van der Waals surface area contributed by atoms with E-state index in [9.17, 15) is 0 Å². The van der Waals surface area contributed by atoms with Crippen molar-refractivity contribution < 1.29 is 0 Å². The van der Waals surface area contributed by atoms with Crippen LogP contribution < -0.4 is 5.32 Å². The number of aromatic amines is 1. The fourth-order valence-corrected chi connectivity index (χ4v) is 3.32. The number of aromatic nitrogens is 2. The monoisotopic (exact) mass is 367 g/mol. The average molecular weight is 367 g/mol. The summed E-state index contributed by atoms with van der Waals surface area (Å²) in [6.45, 7) is 1.90. The zero-order valence-corrected chi connectivity index (χ0v) is 15.9. The molecule has 3 heteroatoms. The molecule has 3 nitrogen and oxygen atoms in total. The molecular formula is C25H25N3. The second-order valence-electron chi connectivity index (χ2n) is 6.95. The fraction of sp³-hybridized carbons (Fsp3) is 0.160. The van der Waals surface area contributed by atoms with E-state index >= 15 is 0 Å². The number of aryl methyl sites for hydroxylation is 1. The smallest absolute Gasteiger partial charge is 0.106 e. The summed E-state index contributed by atoms with van der Waals surface area (Å²) in [7, 11) is 0. The lowest BCUT2D eigenvalue weighted by molar-refractivity contribution is 0.641. The Kier molecular flexibility index (Phi) is 5.95. The maximum Gasteiger partial charge on any atom is 0.106 e. The lowest BCUT2D eigenvalue weighted by atomic mass is 10.0. The van der Waals surface area contributed by atoms with Crippen molar-refractivity contribution in [3.8, 4) is 22.4 Å². The number of nitrogens with zero attached hydrogens (tertiary/aromatic N) is 1. The first kappa shape index (κ1) is 18.2. The van der Waals surface area contributed by atoms with Crippen LogP contribution in [0.2, 0.25) is 0 Å². The normalized spacial score (nSPS) is 10.9. The molecule has 0 amide bonds. The van der Waals surface area contributed by atoms with Crippen LogP contribution in [-0.2, 0) is 13.0 Å². The number of H-pyrrole nitrogens is 1. The third kappa shape index (κ3) is 4.76. The molecule has 0 saturated heterocycles. The van der Waals surface area contributed by atoms with Crippen molar-refractivity contribution in [1.82, 2.24) is 15.3 Å². The van der Waals surface area contributed by atoms with Crippen LogP contribution in [0.15, 0.2) is 91.1 Å². The molecule has 0 radical (unpaired) electrons. The van der Waals surface area contributed by atoms with E-state index in [-0.39, 0.29) is 0 Å². The minimum absolute atomic E-state index is 0.915. The van der Waals surface area contributed by atoms with E-state index < -0.39 is 0 Å². The molecule has 28 heavy (non-hydrogen) atoms. The summed E-state index contributed by atoms with van der Waals surface area (Å²) < 4.78 is 0. The predicted octanol–water partition coefficient (Wildman–Crippen LogP) is 5.47. The van der Waals surface area contributed by atoms with Crippen molar-refractivity contribution in [3.63, 3.8) is 0 Å². The van der Waals surface area contributed by atoms with Crippen LogP contribution in [0.1, 0.15) is 17.8 Å². The molecule has 0 aliphatic rings. The lowest BCUT2D eigenvalue weighted by Gasteiger charge is -2.04. The topological polar surface area (TPSA) is 40.7 Å². The molecule has 0 aliphatic heterocycles. The first-order valence-electron chi connectivity index (χ1n) is 9.83. The number of hydrogen-bond acceptors (Lipinski definition) is 2. The summed E-state index contributed by atoms with van der Waals surface area (Å²) in [4.78, 5) is 8.00. The van der Waals surface area contributed by atoms with Crippen LogP contribution in [0.25, 0.3) is 22.4 Å². The zero-order valence-electron chi connectivity index (χ0n) is 15.9. The van der Waals surface area contributed by atoms with Crippen molar-refractivity contribution >= 4 is 0 Å². The molecule has 1 aromatic heterocycles. The Bertz CT molecular complexity index is 973. The minimum Gasteiger partial charge on any atom is -0.342 e. The Morgan fingerprint density at radius 3 is 2.11 bits per heavy atom. The zero-order chi connectivity index (χ0) is 19.0. The van der Waals surface area contributed by atoms with Gasteiger partial charge in [0.2, 0.25) is 0 Å². The summed E-state index contributed by atoms with van der Waals surface area (Å²) in [5, 5.41) is 3.49. The highest BCUT2D eigenvalue weighted by atomic mass is 14.9. The van der Waals surface area contributed by atoms with Gasteiger partial charge in [-0.05, 0) is 35.2 Å². The first-order valence-corrected chi connectivity index (χ1v) is 9.83. The van der Waals surface area contributed by atoms with Crippen LogP contribution in [0.5, 0.6) is 0 Å². The summed E-state index contributed by atoms with van der Waals surface area (Å²) in [5.41, 5.74) is 6.03. The standard InChI is InChI=1S/C25H25N3/c1-3-8-20(9-4-1)18-26-17-7-12-25-27-19-24(28-25)23-15-13-22(14-16-23)21-10-5-2-6-11-21/h1-6,8-11,13-16,19,26H,7,12,17-18H2,(H,27,28). The largest absolute Gasteiger partial charge is 0.342 e. The van der Waals surface area contributed by atoms with E-state index in [0.29, 0.717) is 0 Å². The van der Waals surface area contributed by atoms with Gasteiger partial charge < -0.3 is 10.3 Å². The highest BCUT2D eigenvalue weighted by Crippen LogP contribution is 2.23. The van der Waals surface area contributed by atoms with E-state index in [1.165, 1.54) is 22.3 Å². The summed E-state index contributed by atoms with van der Waals surface area (Å²) in [6.07, 6.45) is 3.95. The van der Waals surface area contributed by atoms with E-state index in [4.69, 9.17) is 0 Å². The quantitative estimate of drug-likeness (QED) is 0.406. The van der Waals surface area contributed by atoms with E-state index in [2.05, 4.69) is 88.1 Å². The van der Waals surface area contributed by atoms with Gasteiger partial charge in [-0.2, -0.15) is 0 Å². The van der Waals surface area contributed by atoms with Crippen molar-refractivity contribution in [2.24, 2.45) is 0 Å². The number of benzene rings is 3. The van der Waals surface area contributed by atoms with Crippen LogP contribution in [0.3, 0.4) is 0 Å². The Labute approximate surface area is 166 Å². The third-order valence-corrected chi connectivity index (χ3v) is 4.87. The van der Waals surface area contributed by atoms with E-state index in [1.54, 1.807) is 0 Å². The Morgan fingerprint density at radius 2 is 1.36 bits per heavy atom. The molecule has 4 aromatic rings. The summed E-state index contributed by atoms with van der Waals surface area (Å²) in [6, 6.07) is 29.6. The van der Waals surface area contributed by atoms with Crippen LogP contribution in [0, 0.1) is 0 Å². The lowest BCUT2D eigenvalue weighted by Crippen LogP contribution is -2.15. The molecule has 1 heterocycles. The molecule has 0 unspecified atom stereocenters. The maximum absolute atomic E-state index is 4.55. The minimum atomic E-state index is 0.915. The van der Waals surface area contributed by atoms with Gasteiger partial charge in [0.05, 0.1) is 11.9 Å². The molecule has 3 aromatic carbocycles. The SMILES string of the molecule is c1ccc(CNCCCc2ncc(-c3ccc(-c4ccccc4)cc3)[nH]2)cc1. The Balaban J connectivity index is 1.28. The molecule has 4 rings (SSSR count). The van der Waals surface area contributed by atoms with Crippen LogP contribution in [0.4, 0.5) is 0 Å². The van der Waals surface area contributed by atoms with Gasteiger partial charge in [-0.15, -0.1) is 0 Å². The second kappa shape index (κ2) is 9.16. The molecule has 0 saturated carbocycles. The van der Waals surface area contributed by atoms with Gasteiger partial charge in [0.15, 0.2) is 0 Å². The first-order chi connectivity index (χ1) is 13.9. The van der Waals surface area contributed by atoms with Crippen molar-refractivity contribution in [3.05, 3.63) is 103 Å². The molecule has 0 fully saturated rings. The molecular weight excluding hydrogens is 342 g/mol. The van der Waals surface area contributed by atoms with E-state index in [0.717, 1.165) is 37.4 Å². The maximum atomic E-state index is 4.55. The van der Waals surface area contributed by atoms with Crippen molar-refractivity contribution in [1.29, 1.82) is 0 Å². The number of rotatable bonds is 8. The number of nitrogens with one attached hydrogen (secondary N) is 2. The summed E-state index contributed by atoms with van der Waals surface area (Å²) in [5.74, 6) is 1.05. The highest BCUT2D eigenvalue weighted by molar-refractivity contribution is 5.68. The Morgan fingerprint density at radius 1 is 0.714 bits per heavy atom. The third-order valence-electron chi connectivity index (χ3n) is 4.87. The molecule has 0 atom stereocenters. The number of hydrogen-bond donors (Lipinski definition) is 2. The van der Waals surface area contributed by atoms with Gasteiger partial charge in [0.1, 0.15) is 5.82 Å². The van der Waals surface area contributed by atoms with Crippen molar-refractivity contribution in [2.75, 3.05) is 6.54 Å². The van der Waals surface area contributed by atoms with Crippen LogP contribution in [-0.4, -0.2) is 16.5 Å².